The molecule has 150 valence electrons. The lowest BCUT2D eigenvalue weighted by Crippen LogP contribution is -2.17. The van der Waals surface area contributed by atoms with E-state index in [1.54, 1.807) is 18.2 Å². The van der Waals surface area contributed by atoms with Crippen LogP contribution in [0.4, 0.5) is 11.5 Å². The van der Waals surface area contributed by atoms with Crippen LogP contribution in [-0.2, 0) is 0 Å². The average molecular weight is 391 g/mol. The Kier molecular flexibility index (Phi) is 7.13. The number of hydrogen-bond donors (Lipinski definition) is 2. The number of para-hydroxylation sites is 3. The van der Waals surface area contributed by atoms with Gasteiger partial charge in [0.15, 0.2) is 5.75 Å². The summed E-state index contributed by atoms with van der Waals surface area (Å²) in [5.41, 5.74) is 0.852. The van der Waals surface area contributed by atoms with Crippen LogP contribution in [0.3, 0.4) is 0 Å². The van der Waals surface area contributed by atoms with Gasteiger partial charge in [-0.15, -0.1) is 0 Å². The van der Waals surface area contributed by atoms with Gasteiger partial charge in [0.25, 0.3) is 5.91 Å². The van der Waals surface area contributed by atoms with Gasteiger partial charge in [-0.3, -0.25) is 4.79 Å². The summed E-state index contributed by atoms with van der Waals surface area (Å²) in [6, 6.07) is 18.4. The van der Waals surface area contributed by atoms with E-state index in [1.165, 1.54) is 6.33 Å². The Morgan fingerprint density at radius 1 is 1.03 bits per heavy atom. The van der Waals surface area contributed by atoms with Gasteiger partial charge in [-0.25, -0.2) is 9.97 Å². The first-order valence-corrected chi connectivity index (χ1v) is 9.46. The minimum absolute atomic E-state index is 0.282. The molecule has 0 aliphatic carbocycles. The third-order valence-corrected chi connectivity index (χ3v) is 4.09. The lowest BCUT2D eigenvalue weighted by Gasteiger charge is -2.12. The second-order valence-corrected chi connectivity index (χ2v) is 6.74. The average Bonchev–Trinajstić information content (AvgIpc) is 2.73. The molecule has 0 radical (unpaired) electrons. The zero-order chi connectivity index (χ0) is 20.5. The maximum absolute atomic E-state index is 12.7. The van der Waals surface area contributed by atoms with E-state index < -0.39 is 0 Å². The fourth-order valence-electron chi connectivity index (χ4n) is 2.65. The van der Waals surface area contributed by atoms with E-state index in [4.69, 9.17) is 4.74 Å². The van der Waals surface area contributed by atoms with Crippen LogP contribution in [0.25, 0.3) is 0 Å². The molecule has 1 aromatic heterocycles. The first-order valence-electron chi connectivity index (χ1n) is 9.46. The Morgan fingerprint density at radius 2 is 1.79 bits per heavy atom. The number of anilines is 2. The summed E-state index contributed by atoms with van der Waals surface area (Å²) in [5, 5.41) is 6.09. The largest absolute Gasteiger partial charge is 0.455 e. The van der Waals surface area contributed by atoms with Gasteiger partial charge < -0.3 is 20.3 Å². The number of carbonyl (C=O) groups is 1. The Bertz CT molecular complexity index is 931. The van der Waals surface area contributed by atoms with Gasteiger partial charge in [-0.1, -0.05) is 30.3 Å². The molecular weight excluding hydrogens is 366 g/mol. The van der Waals surface area contributed by atoms with Crippen LogP contribution in [-0.4, -0.2) is 48.0 Å². The van der Waals surface area contributed by atoms with Crippen molar-refractivity contribution in [3.8, 4) is 11.5 Å². The molecule has 0 aliphatic heterocycles. The summed E-state index contributed by atoms with van der Waals surface area (Å²) >= 11 is 0. The van der Waals surface area contributed by atoms with Crippen molar-refractivity contribution in [3.63, 3.8) is 0 Å². The Morgan fingerprint density at radius 3 is 2.59 bits per heavy atom. The summed E-state index contributed by atoms with van der Waals surface area (Å²) < 4.78 is 5.89. The highest BCUT2D eigenvalue weighted by molar-refractivity contribution is 6.04. The number of hydrogen-bond acceptors (Lipinski definition) is 6. The van der Waals surface area contributed by atoms with Crippen molar-refractivity contribution in [3.05, 3.63) is 72.7 Å². The van der Waals surface area contributed by atoms with E-state index in [-0.39, 0.29) is 11.6 Å². The molecule has 2 N–H and O–H groups in total. The van der Waals surface area contributed by atoms with Gasteiger partial charge in [0, 0.05) is 12.6 Å². The molecule has 0 aliphatic rings. The number of nitrogens with one attached hydrogen (secondary N) is 2. The molecule has 29 heavy (non-hydrogen) atoms. The first-order chi connectivity index (χ1) is 14.1. The van der Waals surface area contributed by atoms with Crippen molar-refractivity contribution in [2.45, 2.75) is 6.42 Å². The van der Waals surface area contributed by atoms with E-state index in [1.807, 2.05) is 56.6 Å². The van der Waals surface area contributed by atoms with Crippen LogP contribution < -0.4 is 15.4 Å². The minimum Gasteiger partial charge on any atom is -0.455 e. The summed E-state index contributed by atoms with van der Waals surface area (Å²) in [6.07, 6.45) is 2.36. The summed E-state index contributed by atoms with van der Waals surface area (Å²) in [7, 11) is 4.07. The quantitative estimate of drug-likeness (QED) is 0.539. The standard InChI is InChI=1S/C22H25N5O2/c1-27(2)14-8-13-23-21-15-19(24-16-25-21)22(28)26-18-11-6-7-12-20(18)29-17-9-4-3-5-10-17/h3-7,9-12,15-16H,8,13-14H2,1-2H3,(H,26,28)(H,23,24,25). The zero-order valence-electron chi connectivity index (χ0n) is 16.6. The van der Waals surface area contributed by atoms with Crippen molar-refractivity contribution >= 4 is 17.4 Å². The molecule has 0 spiro atoms. The van der Waals surface area contributed by atoms with Crippen molar-refractivity contribution in [1.29, 1.82) is 0 Å². The molecule has 3 rings (SSSR count). The highest BCUT2D eigenvalue weighted by atomic mass is 16.5. The number of ether oxygens (including phenoxy) is 1. The lowest BCUT2D eigenvalue weighted by molar-refractivity contribution is 0.102. The molecule has 1 amide bonds. The Hall–Kier alpha value is -3.45. The highest BCUT2D eigenvalue weighted by Crippen LogP contribution is 2.29. The topological polar surface area (TPSA) is 79.4 Å². The van der Waals surface area contributed by atoms with E-state index >= 15 is 0 Å². The molecule has 0 bridgehead atoms. The van der Waals surface area contributed by atoms with Gasteiger partial charge in [0.2, 0.25) is 0 Å². The Labute approximate surface area is 170 Å². The van der Waals surface area contributed by atoms with Gasteiger partial charge in [-0.2, -0.15) is 0 Å². The maximum Gasteiger partial charge on any atom is 0.274 e. The third kappa shape index (κ3) is 6.29. The number of nitrogens with zero attached hydrogens (tertiary/aromatic N) is 3. The van der Waals surface area contributed by atoms with Gasteiger partial charge >= 0.3 is 0 Å². The van der Waals surface area contributed by atoms with E-state index in [2.05, 4.69) is 25.5 Å². The molecule has 2 aromatic carbocycles. The fraction of sp³-hybridized carbons (Fsp3) is 0.227. The second kappa shape index (κ2) is 10.2. The predicted molar refractivity (Wildman–Crippen MR) is 115 cm³/mol. The molecule has 1 heterocycles. The number of rotatable bonds is 9. The molecule has 0 saturated carbocycles. The van der Waals surface area contributed by atoms with Crippen LogP contribution in [0, 0.1) is 0 Å². The molecule has 0 fully saturated rings. The molecule has 7 nitrogen and oxygen atoms in total. The maximum atomic E-state index is 12.7. The van der Waals surface area contributed by atoms with Crippen LogP contribution in [0.2, 0.25) is 0 Å². The smallest absolute Gasteiger partial charge is 0.274 e. The van der Waals surface area contributed by atoms with Crippen molar-refractivity contribution in [2.24, 2.45) is 0 Å². The van der Waals surface area contributed by atoms with Crippen molar-refractivity contribution < 1.29 is 9.53 Å². The van der Waals surface area contributed by atoms with Crippen LogP contribution in [0.5, 0.6) is 11.5 Å². The minimum atomic E-state index is -0.326. The molecular formula is C22H25N5O2. The number of benzene rings is 2. The number of aromatic nitrogens is 2. The van der Waals surface area contributed by atoms with Crippen molar-refractivity contribution in [1.82, 2.24) is 14.9 Å². The summed E-state index contributed by atoms with van der Waals surface area (Å²) in [6.45, 7) is 1.74. The van der Waals surface area contributed by atoms with E-state index in [0.717, 1.165) is 19.5 Å². The molecule has 0 atom stereocenters. The predicted octanol–water partition coefficient (Wildman–Crippen LogP) is 3.88. The molecule has 0 unspecified atom stereocenters. The SMILES string of the molecule is CN(C)CCCNc1cc(C(=O)Nc2ccccc2Oc2ccccc2)ncn1. The normalized spacial score (nSPS) is 10.6. The lowest BCUT2D eigenvalue weighted by atomic mass is 10.2. The zero-order valence-corrected chi connectivity index (χ0v) is 16.6. The van der Waals surface area contributed by atoms with E-state index in [9.17, 15) is 4.79 Å². The van der Waals surface area contributed by atoms with Gasteiger partial charge in [-0.05, 0) is 51.3 Å². The van der Waals surface area contributed by atoms with Crippen molar-refractivity contribution in [2.75, 3.05) is 37.8 Å². The second-order valence-electron chi connectivity index (χ2n) is 6.74. The van der Waals surface area contributed by atoms with Crippen LogP contribution in [0.1, 0.15) is 16.9 Å². The molecule has 0 saturated heterocycles. The fourth-order valence-corrected chi connectivity index (χ4v) is 2.65. The summed E-state index contributed by atoms with van der Waals surface area (Å²) in [5.74, 6) is 1.55. The summed E-state index contributed by atoms with van der Waals surface area (Å²) in [4.78, 5) is 23.1. The van der Waals surface area contributed by atoms with Crippen LogP contribution in [0.15, 0.2) is 67.0 Å². The van der Waals surface area contributed by atoms with Gasteiger partial charge in [0.05, 0.1) is 5.69 Å². The first kappa shape index (κ1) is 20.3. The Balaban J connectivity index is 1.65. The number of amides is 1. The van der Waals surface area contributed by atoms with Gasteiger partial charge in [0.1, 0.15) is 23.6 Å². The van der Waals surface area contributed by atoms with Crippen LogP contribution >= 0.6 is 0 Å². The monoisotopic (exact) mass is 391 g/mol. The molecule has 7 heteroatoms. The highest BCUT2D eigenvalue weighted by Gasteiger charge is 2.12. The third-order valence-electron chi connectivity index (χ3n) is 4.09. The molecule has 3 aromatic rings. The van der Waals surface area contributed by atoms with E-state index in [0.29, 0.717) is 23.0 Å². The number of carbonyl (C=O) groups excluding carboxylic acids is 1.